The highest BCUT2D eigenvalue weighted by Crippen LogP contribution is 2.03. The van der Waals surface area contributed by atoms with Gasteiger partial charge in [-0.1, -0.05) is 6.92 Å². The fourth-order valence-corrected chi connectivity index (χ4v) is 1.23. The van der Waals surface area contributed by atoms with Gasteiger partial charge in [0.1, 0.15) is 0 Å². The summed E-state index contributed by atoms with van der Waals surface area (Å²) in [7, 11) is 1.60. The second-order valence-corrected chi connectivity index (χ2v) is 3.94. The molecule has 0 saturated heterocycles. The van der Waals surface area contributed by atoms with Crippen molar-refractivity contribution >= 4 is 11.9 Å². The molecule has 1 atom stereocenters. The van der Waals surface area contributed by atoms with Crippen LogP contribution >= 0.6 is 0 Å². The molecule has 2 N–H and O–H groups in total. The van der Waals surface area contributed by atoms with E-state index in [1.165, 1.54) is 0 Å². The maximum Gasteiger partial charge on any atom is 0.303 e. The minimum absolute atomic E-state index is 0.000718. The number of rotatable bonds is 9. The van der Waals surface area contributed by atoms with Gasteiger partial charge >= 0.3 is 5.97 Å². The molecule has 0 saturated carbocycles. The molecule has 0 aromatic heterocycles. The number of amides is 1. The van der Waals surface area contributed by atoms with Gasteiger partial charge in [0, 0.05) is 33.1 Å². The van der Waals surface area contributed by atoms with E-state index >= 15 is 0 Å². The fraction of sp³-hybridized carbons (Fsp3) is 0.818. The molecule has 0 heterocycles. The third-order valence-electron chi connectivity index (χ3n) is 2.25. The Kier molecular flexibility index (Phi) is 8.52. The Balaban J connectivity index is 3.47. The molecule has 0 spiro atoms. The van der Waals surface area contributed by atoms with Crippen LogP contribution in [-0.4, -0.2) is 37.2 Å². The first-order valence-corrected chi connectivity index (χ1v) is 5.53. The Bertz CT molecular complexity index is 218. The van der Waals surface area contributed by atoms with Crippen molar-refractivity contribution in [1.29, 1.82) is 0 Å². The molecule has 0 radical (unpaired) electrons. The number of nitrogens with one attached hydrogen (secondary N) is 1. The molecule has 0 rings (SSSR count). The zero-order chi connectivity index (χ0) is 12.4. The molecule has 0 aromatic carbocycles. The summed E-state index contributed by atoms with van der Waals surface area (Å²) in [6.45, 7) is 3.06. The van der Waals surface area contributed by atoms with E-state index in [-0.39, 0.29) is 18.2 Å². The summed E-state index contributed by atoms with van der Waals surface area (Å²) in [6, 6.07) is 0. The van der Waals surface area contributed by atoms with Crippen molar-refractivity contribution in [2.45, 2.75) is 32.6 Å². The van der Waals surface area contributed by atoms with E-state index in [0.717, 1.165) is 0 Å². The van der Waals surface area contributed by atoms with Crippen LogP contribution in [0.3, 0.4) is 0 Å². The molecule has 5 heteroatoms. The van der Waals surface area contributed by atoms with Crippen LogP contribution in [0.4, 0.5) is 0 Å². The molecule has 94 valence electrons. The van der Waals surface area contributed by atoms with Crippen LogP contribution in [0, 0.1) is 5.92 Å². The lowest BCUT2D eigenvalue weighted by Gasteiger charge is -2.11. The van der Waals surface area contributed by atoms with Crippen LogP contribution in [0.25, 0.3) is 0 Å². The average molecular weight is 231 g/mol. The van der Waals surface area contributed by atoms with Gasteiger partial charge < -0.3 is 15.2 Å². The van der Waals surface area contributed by atoms with Crippen molar-refractivity contribution in [2.24, 2.45) is 5.92 Å². The van der Waals surface area contributed by atoms with Crippen molar-refractivity contribution < 1.29 is 19.4 Å². The van der Waals surface area contributed by atoms with E-state index < -0.39 is 5.97 Å². The van der Waals surface area contributed by atoms with Crippen LogP contribution in [0.2, 0.25) is 0 Å². The maximum absolute atomic E-state index is 11.3. The highest BCUT2D eigenvalue weighted by atomic mass is 16.5. The largest absolute Gasteiger partial charge is 0.481 e. The lowest BCUT2D eigenvalue weighted by atomic mass is 10.1. The van der Waals surface area contributed by atoms with E-state index in [1.807, 2.05) is 6.92 Å². The summed E-state index contributed by atoms with van der Waals surface area (Å²) >= 11 is 0. The smallest absolute Gasteiger partial charge is 0.303 e. The van der Waals surface area contributed by atoms with Crippen LogP contribution in [0.5, 0.6) is 0 Å². The topological polar surface area (TPSA) is 75.6 Å². The molecule has 0 fully saturated rings. The van der Waals surface area contributed by atoms with Gasteiger partial charge in [-0.25, -0.2) is 0 Å². The number of carbonyl (C=O) groups is 2. The van der Waals surface area contributed by atoms with Crippen LogP contribution in [-0.2, 0) is 14.3 Å². The third-order valence-corrected chi connectivity index (χ3v) is 2.25. The fourth-order valence-electron chi connectivity index (χ4n) is 1.23. The second-order valence-electron chi connectivity index (χ2n) is 3.94. The maximum atomic E-state index is 11.3. The summed E-state index contributed by atoms with van der Waals surface area (Å²) in [5.41, 5.74) is 0. The number of carboxylic acid groups (broad SMARTS) is 1. The quantitative estimate of drug-likeness (QED) is 0.581. The molecular formula is C11H21NO4. The van der Waals surface area contributed by atoms with E-state index in [0.29, 0.717) is 32.4 Å². The molecule has 0 aromatic rings. The Morgan fingerprint density at radius 1 is 1.38 bits per heavy atom. The van der Waals surface area contributed by atoms with E-state index in [9.17, 15) is 9.59 Å². The molecule has 5 nitrogen and oxygen atoms in total. The number of hydrogen-bond acceptors (Lipinski definition) is 3. The van der Waals surface area contributed by atoms with Gasteiger partial charge in [-0.2, -0.15) is 0 Å². The zero-order valence-corrected chi connectivity index (χ0v) is 9.99. The third kappa shape index (κ3) is 9.45. The highest BCUT2D eigenvalue weighted by Gasteiger charge is 2.07. The Labute approximate surface area is 96.2 Å². The normalized spacial score (nSPS) is 12.1. The monoisotopic (exact) mass is 231 g/mol. The molecule has 1 amide bonds. The average Bonchev–Trinajstić information content (AvgIpc) is 2.24. The lowest BCUT2D eigenvalue weighted by Crippen LogP contribution is -2.28. The standard InChI is InChI=1S/C11H21NO4/c1-9(5-6-11(14)15)8-12-10(13)4-3-7-16-2/h9H,3-8H2,1-2H3,(H,12,13)(H,14,15). The minimum Gasteiger partial charge on any atom is -0.481 e. The summed E-state index contributed by atoms with van der Waals surface area (Å²) < 4.78 is 4.84. The van der Waals surface area contributed by atoms with Gasteiger partial charge in [0.15, 0.2) is 0 Å². The predicted molar refractivity (Wildman–Crippen MR) is 60.2 cm³/mol. The number of hydrogen-bond donors (Lipinski definition) is 2. The lowest BCUT2D eigenvalue weighted by molar-refractivity contribution is -0.137. The van der Waals surface area contributed by atoms with Gasteiger partial charge in [-0.3, -0.25) is 9.59 Å². The van der Waals surface area contributed by atoms with Gasteiger partial charge in [0.05, 0.1) is 0 Å². The zero-order valence-electron chi connectivity index (χ0n) is 9.99. The van der Waals surface area contributed by atoms with E-state index in [1.54, 1.807) is 7.11 Å². The van der Waals surface area contributed by atoms with Crippen LogP contribution in [0.15, 0.2) is 0 Å². The van der Waals surface area contributed by atoms with Crippen molar-refractivity contribution in [2.75, 3.05) is 20.3 Å². The number of carbonyl (C=O) groups excluding carboxylic acids is 1. The highest BCUT2D eigenvalue weighted by molar-refractivity contribution is 5.75. The Hall–Kier alpha value is -1.10. The summed E-state index contributed by atoms with van der Waals surface area (Å²) in [5, 5.41) is 11.3. The van der Waals surface area contributed by atoms with Crippen molar-refractivity contribution in [3.63, 3.8) is 0 Å². The number of aliphatic carboxylic acids is 1. The van der Waals surface area contributed by atoms with Gasteiger partial charge in [-0.05, 0) is 18.8 Å². The van der Waals surface area contributed by atoms with Crippen LogP contribution < -0.4 is 5.32 Å². The minimum atomic E-state index is -0.793. The number of ether oxygens (including phenoxy) is 1. The second kappa shape index (κ2) is 9.15. The first-order valence-electron chi connectivity index (χ1n) is 5.53. The predicted octanol–water partition coefficient (Wildman–Crippen LogP) is 1.03. The molecule has 0 aliphatic rings. The number of methoxy groups -OCH3 is 1. The molecule has 16 heavy (non-hydrogen) atoms. The summed E-state index contributed by atoms with van der Waals surface area (Å²) in [6.07, 6.45) is 1.92. The summed E-state index contributed by atoms with van der Waals surface area (Å²) in [5.74, 6) is -0.597. The Morgan fingerprint density at radius 3 is 2.62 bits per heavy atom. The first-order chi connectivity index (χ1) is 7.56. The molecule has 0 aliphatic heterocycles. The van der Waals surface area contributed by atoms with E-state index in [2.05, 4.69) is 5.32 Å². The Morgan fingerprint density at radius 2 is 2.06 bits per heavy atom. The summed E-state index contributed by atoms with van der Waals surface area (Å²) in [4.78, 5) is 21.6. The van der Waals surface area contributed by atoms with Crippen LogP contribution in [0.1, 0.15) is 32.6 Å². The number of carboxylic acids is 1. The molecular weight excluding hydrogens is 210 g/mol. The van der Waals surface area contributed by atoms with Crippen molar-refractivity contribution in [1.82, 2.24) is 5.32 Å². The SMILES string of the molecule is COCCCC(=O)NCC(C)CCC(=O)O. The van der Waals surface area contributed by atoms with E-state index in [4.69, 9.17) is 9.84 Å². The van der Waals surface area contributed by atoms with Crippen molar-refractivity contribution in [3.8, 4) is 0 Å². The van der Waals surface area contributed by atoms with Gasteiger partial charge in [0.25, 0.3) is 0 Å². The molecule has 1 unspecified atom stereocenters. The first kappa shape index (κ1) is 14.9. The van der Waals surface area contributed by atoms with Crippen molar-refractivity contribution in [3.05, 3.63) is 0 Å². The molecule has 0 aliphatic carbocycles. The molecule has 0 bridgehead atoms. The van der Waals surface area contributed by atoms with Gasteiger partial charge in [-0.15, -0.1) is 0 Å². The van der Waals surface area contributed by atoms with Gasteiger partial charge in [0.2, 0.25) is 5.91 Å².